The summed E-state index contributed by atoms with van der Waals surface area (Å²) in [7, 11) is 5.66. The van der Waals surface area contributed by atoms with E-state index < -0.39 is 0 Å². The van der Waals surface area contributed by atoms with Crippen LogP contribution in [0.2, 0.25) is 0 Å². The van der Waals surface area contributed by atoms with E-state index in [9.17, 15) is 4.79 Å². The van der Waals surface area contributed by atoms with Gasteiger partial charge in [-0.25, -0.2) is 0 Å². The van der Waals surface area contributed by atoms with Crippen LogP contribution in [0.15, 0.2) is 24.3 Å². The SMILES string of the molecule is [B]c1ccc(C2CNCC2C(=O)OCC)cc1. The van der Waals surface area contributed by atoms with Crippen LogP contribution in [0.1, 0.15) is 18.4 Å². The van der Waals surface area contributed by atoms with Gasteiger partial charge in [0.15, 0.2) is 0 Å². The lowest BCUT2D eigenvalue weighted by atomic mass is 9.86. The van der Waals surface area contributed by atoms with E-state index in [1.165, 1.54) is 0 Å². The number of carbonyl (C=O) groups is 1. The van der Waals surface area contributed by atoms with Gasteiger partial charge in [-0.2, -0.15) is 0 Å². The van der Waals surface area contributed by atoms with Gasteiger partial charge >= 0.3 is 5.97 Å². The molecule has 2 atom stereocenters. The van der Waals surface area contributed by atoms with E-state index in [0.717, 1.165) is 17.6 Å². The molecule has 0 aromatic heterocycles. The molecule has 0 saturated carbocycles. The number of carbonyl (C=O) groups excluding carboxylic acids is 1. The fourth-order valence-corrected chi connectivity index (χ4v) is 2.27. The lowest BCUT2D eigenvalue weighted by Gasteiger charge is -2.17. The number of benzene rings is 1. The Balaban J connectivity index is 2.14. The number of ether oxygens (including phenoxy) is 1. The lowest BCUT2D eigenvalue weighted by molar-refractivity contribution is -0.147. The number of nitrogens with one attached hydrogen (secondary N) is 1. The molecular weight excluding hydrogens is 213 g/mol. The normalized spacial score (nSPS) is 23.6. The van der Waals surface area contributed by atoms with Crippen molar-refractivity contribution >= 4 is 19.3 Å². The van der Waals surface area contributed by atoms with E-state index >= 15 is 0 Å². The van der Waals surface area contributed by atoms with Gasteiger partial charge < -0.3 is 10.1 Å². The van der Waals surface area contributed by atoms with Gasteiger partial charge in [0.05, 0.1) is 12.5 Å². The molecule has 1 saturated heterocycles. The van der Waals surface area contributed by atoms with Gasteiger partial charge in [-0.3, -0.25) is 4.79 Å². The molecule has 1 fully saturated rings. The van der Waals surface area contributed by atoms with Gasteiger partial charge in [0.25, 0.3) is 0 Å². The predicted molar refractivity (Wildman–Crippen MR) is 67.6 cm³/mol. The van der Waals surface area contributed by atoms with Gasteiger partial charge in [-0.1, -0.05) is 29.7 Å². The molecular formula is C13H16BNO2. The standard InChI is InChI=1S/C13H16BNO2/c1-2-17-13(16)12-8-15-7-11(12)9-3-5-10(14)6-4-9/h3-6,11-12,15H,2,7-8H2,1H3. The lowest BCUT2D eigenvalue weighted by Crippen LogP contribution is -2.24. The summed E-state index contributed by atoms with van der Waals surface area (Å²) in [6.45, 7) is 3.77. The Labute approximate surface area is 103 Å². The van der Waals surface area contributed by atoms with Crippen LogP contribution in [-0.4, -0.2) is 33.5 Å². The zero-order chi connectivity index (χ0) is 12.3. The quantitative estimate of drug-likeness (QED) is 0.600. The second-order valence-corrected chi connectivity index (χ2v) is 4.29. The second-order valence-electron chi connectivity index (χ2n) is 4.29. The van der Waals surface area contributed by atoms with Gasteiger partial charge in [-0.15, -0.1) is 0 Å². The number of rotatable bonds is 3. The fraction of sp³-hybridized carbons (Fsp3) is 0.462. The molecule has 0 bridgehead atoms. The highest BCUT2D eigenvalue weighted by atomic mass is 16.5. The maximum Gasteiger partial charge on any atom is 0.310 e. The van der Waals surface area contributed by atoms with Crippen molar-refractivity contribution in [1.29, 1.82) is 0 Å². The first-order chi connectivity index (χ1) is 8.22. The highest BCUT2D eigenvalue weighted by molar-refractivity contribution is 6.32. The van der Waals surface area contributed by atoms with Crippen molar-refractivity contribution in [2.75, 3.05) is 19.7 Å². The van der Waals surface area contributed by atoms with Crippen LogP contribution < -0.4 is 10.8 Å². The van der Waals surface area contributed by atoms with Crippen LogP contribution in [0.3, 0.4) is 0 Å². The maximum absolute atomic E-state index is 11.8. The van der Waals surface area contributed by atoms with Crippen LogP contribution >= 0.6 is 0 Å². The van der Waals surface area contributed by atoms with Crippen molar-refractivity contribution in [2.45, 2.75) is 12.8 Å². The summed E-state index contributed by atoms with van der Waals surface area (Å²) >= 11 is 0. The molecule has 1 aliphatic heterocycles. The average Bonchev–Trinajstić information content (AvgIpc) is 2.79. The number of hydrogen-bond acceptors (Lipinski definition) is 3. The minimum absolute atomic E-state index is 0.0847. The molecule has 1 aromatic rings. The molecule has 0 amide bonds. The molecule has 3 nitrogen and oxygen atoms in total. The van der Waals surface area contributed by atoms with Crippen molar-refractivity contribution < 1.29 is 9.53 Å². The van der Waals surface area contributed by atoms with Crippen LogP contribution in [-0.2, 0) is 9.53 Å². The first-order valence-electron chi connectivity index (χ1n) is 5.95. The van der Waals surface area contributed by atoms with Gasteiger partial charge in [-0.05, 0) is 12.5 Å². The Hall–Kier alpha value is -1.29. The molecule has 4 heteroatoms. The van der Waals surface area contributed by atoms with E-state index in [2.05, 4.69) is 5.32 Å². The smallest absolute Gasteiger partial charge is 0.310 e. The van der Waals surface area contributed by atoms with Crippen molar-refractivity contribution in [1.82, 2.24) is 5.32 Å². The third kappa shape index (κ3) is 2.69. The third-order valence-electron chi connectivity index (χ3n) is 3.17. The molecule has 2 rings (SSSR count). The van der Waals surface area contributed by atoms with Crippen molar-refractivity contribution in [3.05, 3.63) is 29.8 Å². The molecule has 1 aliphatic rings. The Bertz CT molecular complexity index is 391. The number of hydrogen-bond donors (Lipinski definition) is 1. The van der Waals surface area contributed by atoms with Crippen LogP contribution in [0.4, 0.5) is 0 Å². The van der Waals surface area contributed by atoms with Gasteiger partial charge in [0.1, 0.15) is 7.85 Å². The van der Waals surface area contributed by atoms with E-state index in [4.69, 9.17) is 12.6 Å². The Morgan fingerprint density at radius 2 is 2.12 bits per heavy atom. The van der Waals surface area contributed by atoms with E-state index in [1.807, 2.05) is 31.2 Å². The molecule has 0 spiro atoms. The first kappa shape index (κ1) is 12.2. The molecule has 2 unspecified atom stereocenters. The Morgan fingerprint density at radius 1 is 1.41 bits per heavy atom. The average molecular weight is 229 g/mol. The minimum atomic E-state index is -0.112. The van der Waals surface area contributed by atoms with Crippen LogP contribution in [0.5, 0.6) is 0 Å². The predicted octanol–water partition coefficient (Wildman–Crippen LogP) is 0.346. The minimum Gasteiger partial charge on any atom is -0.466 e. The van der Waals surface area contributed by atoms with Crippen molar-refractivity contribution in [3.63, 3.8) is 0 Å². The summed E-state index contributed by atoms with van der Waals surface area (Å²) in [6, 6.07) is 7.71. The topological polar surface area (TPSA) is 38.3 Å². The maximum atomic E-state index is 11.8. The first-order valence-corrected chi connectivity index (χ1v) is 5.95. The molecule has 0 aliphatic carbocycles. The molecule has 88 valence electrons. The molecule has 17 heavy (non-hydrogen) atoms. The summed E-state index contributed by atoms with van der Waals surface area (Å²) in [5.74, 6) is -0.00690. The summed E-state index contributed by atoms with van der Waals surface area (Å²) in [4.78, 5) is 11.8. The fourth-order valence-electron chi connectivity index (χ4n) is 2.27. The summed E-state index contributed by atoms with van der Waals surface area (Å²) < 4.78 is 5.10. The Kier molecular flexibility index (Phi) is 3.84. The highest BCUT2D eigenvalue weighted by Gasteiger charge is 2.34. The summed E-state index contributed by atoms with van der Waals surface area (Å²) in [6.07, 6.45) is 0. The summed E-state index contributed by atoms with van der Waals surface area (Å²) in [5.41, 5.74) is 1.88. The molecule has 1 heterocycles. The van der Waals surface area contributed by atoms with E-state index in [0.29, 0.717) is 13.2 Å². The Morgan fingerprint density at radius 3 is 2.76 bits per heavy atom. The molecule has 1 N–H and O–H groups in total. The van der Waals surface area contributed by atoms with Crippen molar-refractivity contribution in [2.24, 2.45) is 5.92 Å². The third-order valence-corrected chi connectivity index (χ3v) is 3.17. The zero-order valence-electron chi connectivity index (χ0n) is 9.98. The van der Waals surface area contributed by atoms with Crippen LogP contribution in [0, 0.1) is 5.92 Å². The van der Waals surface area contributed by atoms with Gasteiger partial charge in [0, 0.05) is 19.0 Å². The molecule has 2 radical (unpaired) electrons. The monoisotopic (exact) mass is 229 g/mol. The second kappa shape index (κ2) is 5.36. The van der Waals surface area contributed by atoms with Crippen molar-refractivity contribution in [3.8, 4) is 0 Å². The van der Waals surface area contributed by atoms with Crippen LogP contribution in [0.25, 0.3) is 0 Å². The molecule has 1 aromatic carbocycles. The van der Waals surface area contributed by atoms with E-state index in [-0.39, 0.29) is 17.8 Å². The van der Waals surface area contributed by atoms with E-state index in [1.54, 1.807) is 0 Å². The number of esters is 1. The summed E-state index contributed by atoms with van der Waals surface area (Å²) in [5, 5.41) is 3.24. The largest absolute Gasteiger partial charge is 0.466 e. The highest BCUT2D eigenvalue weighted by Crippen LogP contribution is 2.28. The van der Waals surface area contributed by atoms with Gasteiger partial charge in [0.2, 0.25) is 0 Å². The zero-order valence-corrected chi connectivity index (χ0v) is 9.98.